The van der Waals surface area contributed by atoms with Gasteiger partial charge in [0.1, 0.15) is 0 Å². The van der Waals surface area contributed by atoms with E-state index in [1.165, 1.54) is 16.4 Å². The Bertz CT molecular complexity index is 1460. The van der Waals surface area contributed by atoms with Crippen molar-refractivity contribution in [2.45, 2.75) is 34.5 Å². The molecule has 2 N–H and O–H groups in total. The molecule has 0 unspecified atom stereocenters. The Kier molecular flexibility index (Phi) is 8.27. The van der Waals surface area contributed by atoms with Crippen LogP contribution in [-0.2, 0) is 24.8 Å². The summed E-state index contributed by atoms with van der Waals surface area (Å²) in [5.41, 5.74) is 1.89. The topological polar surface area (TPSA) is 113 Å². The van der Waals surface area contributed by atoms with Crippen LogP contribution in [0.15, 0.2) is 87.5 Å². The number of nitrogens with zero attached hydrogens (tertiary/aromatic N) is 1. The molecule has 11 heteroatoms. The second-order valence-corrected chi connectivity index (χ2v) is 13.3. The first kappa shape index (κ1) is 27.2. The number of hydrogen-bond acceptors (Lipinski definition) is 6. The molecule has 0 radical (unpaired) electrons. The number of nitrogens with one attached hydrogen (secondary N) is 2. The van der Waals surface area contributed by atoms with Gasteiger partial charge in [0, 0.05) is 35.3 Å². The number of carbonyl (C=O) groups is 1. The number of piperidine rings is 1. The summed E-state index contributed by atoms with van der Waals surface area (Å²) >= 11 is 1.54. The van der Waals surface area contributed by atoms with Gasteiger partial charge in [0.15, 0.2) is 0 Å². The predicted octanol–water partition coefficient (Wildman–Crippen LogP) is 4.56. The maximum Gasteiger partial charge on any atom is 0.261 e. The van der Waals surface area contributed by atoms with Crippen LogP contribution in [-0.4, -0.2) is 46.4 Å². The molecule has 1 amide bonds. The van der Waals surface area contributed by atoms with Gasteiger partial charge in [-0.05, 0) is 92.2 Å². The van der Waals surface area contributed by atoms with Crippen molar-refractivity contribution in [3.63, 3.8) is 0 Å². The Labute approximate surface area is 222 Å². The number of carbonyl (C=O) groups excluding carboxylic acids is 1. The molecule has 37 heavy (non-hydrogen) atoms. The fourth-order valence-electron chi connectivity index (χ4n) is 4.14. The fourth-order valence-corrected chi connectivity index (χ4v) is 7.07. The summed E-state index contributed by atoms with van der Waals surface area (Å²) in [6.07, 6.45) is 2.74. The third kappa shape index (κ3) is 6.53. The minimum absolute atomic E-state index is 0.0797. The highest BCUT2D eigenvalue weighted by Crippen LogP contribution is 2.27. The smallest absolute Gasteiger partial charge is 0.261 e. The molecule has 0 saturated carbocycles. The molecule has 8 nitrogen and oxygen atoms in total. The van der Waals surface area contributed by atoms with Crippen LogP contribution in [0, 0.1) is 12.8 Å². The van der Waals surface area contributed by atoms with Crippen molar-refractivity contribution in [2.24, 2.45) is 5.92 Å². The number of amides is 1. The molecule has 0 atom stereocenters. The second kappa shape index (κ2) is 11.3. The first-order valence-electron chi connectivity index (χ1n) is 11.7. The lowest BCUT2D eigenvalue weighted by molar-refractivity contribution is -0.120. The minimum atomic E-state index is -3.77. The summed E-state index contributed by atoms with van der Waals surface area (Å²) in [6.45, 7) is 2.39. The van der Waals surface area contributed by atoms with Crippen LogP contribution in [0.2, 0.25) is 0 Å². The quantitative estimate of drug-likeness (QED) is 0.392. The average molecular weight is 560 g/mol. The van der Waals surface area contributed by atoms with Crippen LogP contribution in [0.5, 0.6) is 0 Å². The number of rotatable bonds is 8. The monoisotopic (exact) mass is 559 g/mol. The Hall–Kier alpha value is -2.86. The molecular formula is C26H29N3O5S3. The highest BCUT2D eigenvalue weighted by Gasteiger charge is 2.32. The first-order valence-corrected chi connectivity index (χ1v) is 15.9. The Morgan fingerprint density at radius 1 is 0.865 bits per heavy atom. The lowest BCUT2D eigenvalue weighted by Crippen LogP contribution is -2.41. The average Bonchev–Trinajstić information content (AvgIpc) is 2.89. The van der Waals surface area contributed by atoms with Gasteiger partial charge < -0.3 is 5.32 Å². The number of benzene rings is 3. The minimum Gasteiger partial charge on any atom is -0.326 e. The highest BCUT2D eigenvalue weighted by atomic mass is 32.2. The number of aryl methyl sites for hydroxylation is 1. The van der Waals surface area contributed by atoms with E-state index in [2.05, 4.69) is 10.0 Å². The number of sulfonamides is 2. The molecule has 1 fully saturated rings. The summed E-state index contributed by atoms with van der Waals surface area (Å²) in [6, 6.07) is 19.8. The van der Waals surface area contributed by atoms with Crippen molar-refractivity contribution in [1.82, 2.24) is 4.31 Å². The third-order valence-corrected chi connectivity index (χ3v) is 10.3. The zero-order valence-corrected chi connectivity index (χ0v) is 23.0. The van der Waals surface area contributed by atoms with Crippen molar-refractivity contribution in [1.29, 1.82) is 0 Å². The standard InChI is InChI=1S/C26H29N3O5S3/c1-19-4-3-5-22(18-19)28-36(31,32)24-10-6-21(7-11-24)27-26(30)20-14-16-29(17-15-20)37(33,34)25-12-8-23(35-2)9-13-25/h3-13,18,20,28H,14-17H2,1-2H3,(H,27,30). The van der Waals surface area contributed by atoms with Gasteiger partial charge >= 0.3 is 0 Å². The largest absolute Gasteiger partial charge is 0.326 e. The van der Waals surface area contributed by atoms with Crippen LogP contribution in [0.4, 0.5) is 11.4 Å². The number of hydrogen-bond donors (Lipinski definition) is 2. The lowest BCUT2D eigenvalue weighted by atomic mass is 9.97. The zero-order valence-electron chi connectivity index (χ0n) is 20.5. The van der Waals surface area contributed by atoms with E-state index in [0.717, 1.165) is 10.5 Å². The Morgan fingerprint density at radius 2 is 1.49 bits per heavy atom. The summed E-state index contributed by atoms with van der Waals surface area (Å²) in [4.78, 5) is 14.1. The molecular weight excluding hydrogens is 531 g/mol. The van der Waals surface area contributed by atoms with E-state index < -0.39 is 20.0 Å². The second-order valence-electron chi connectivity index (χ2n) is 8.84. The SMILES string of the molecule is CSc1ccc(S(=O)(=O)N2CCC(C(=O)Nc3ccc(S(=O)(=O)Nc4cccc(C)c4)cc3)CC2)cc1. The summed E-state index contributed by atoms with van der Waals surface area (Å²) in [5.74, 6) is -0.549. The van der Waals surface area contributed by atoms with Crippen molar-refractivity contribution in [3.8, 4) is 0 Å². The maximum atomic E-state index is 13.0. The molecule has 3 aromatic rings. The molecule has 0 spiro atoms. The van der Waals surface area contributed by atoms with Gasteiger partial charge in [-0.15, -0.1) is 11.8 Å². The van der Waals surface area contributed by atoms with Crippen molar-refractivity contribution in [3.05, 3.63) is 78.4 Å². The van der Waals surface area contributed by atoms with Crippen molar-refractivity contribution >= 4 is 49.1 Å². The first-order chi connectivity index (χ1) is 17.6. The van der Waals surface area contributed by atoms with Crippen LogP contribution >= 0.6 is 11.8 Å². The zero-order chi connectivity index (χ0) is 26.6. The number of anilines is 2. The van der Waals surface area contributed by atoms with Crippen LogP contribution in [0.3, 0.4) is 0 Å². The van der Waals surface area contributed by atoms with Gasteiger partial charge in [0.05, 0.1) is 9.79 Å². The van der Waals surface area contributed by atoms with Gasteiger partial charge in [-0.25, -0.2) is 16.8 Å². The predicted molar refractivity (Wildman–Crippen MR) is 147 cm³/mol. The lowest BCUT2D eigenvalue weighted by Gasteiger charge is -2.30. The molecule has 1 heterocycles. The van der Waals surface area contributed by atoms with Gasteiger partial charge in [-0.2, -0.15) is 4.31 Å². The van der Waals surface area contributed by atoms with E-state index in [4.69, 9.17) is 0 Å². The number of thioether (sulfide) groups is 1. The van der Waals surface area contributed by atoms with Gasteiger partial charge in [-0.1, -0.05) is 12.1 Å². The third-order valence-electron chi connectivity index (χ3n) is 6.22. The molecule has 4 rings (SSSR count). The van der Waals surface area contributed by atoms with Gasteiger partial charge in [-0.3, -0.25) is 9.52 Å². The van der Waals surface area contributed by atoms with E-state index in [0.29, 0.717) is 24.2 Å². The van der Waals surface area contributed by atoms with Crippen molar-refractivity contribution < 1.29 is 21.6 Å². The van der Waals surface area contributed by atoms with E-state index in [-0.39, 0.29) is 34.7 Å². The van der Waals surface area contributed by atoms with Crippen LogP contribution in [0.1, 0.15) is 18.4 Å². The molecule has 0 aliphatic carbocycles. The molecule has 196 valence electrons. The molecule has 0 bridgehead atoms. The molecule has 0 aromatic heterocycles. The highest BCUT2D eigenvalue weighted by molar-refractivity contribution is 7.98. The molecule has 1 aliphatic heterocycles. The van der Waals surface area contributed by atoms with E-state index in [1.54, 1.807) is 66.4 Å². The van der Waals surface area contributed by atoms with E-state index in [9.17, 15) is 21.6 Å². The molecule has 3 aromatic carbocycles. The molecule has 1 saturated heterocycles. The van der Waals surface area contributed by atoms with Gasteiger partial charge in [0.25, 0.3) is 10.0 Å². The normalized spacial score (nSPS) is 15.3. The van der Waals surface area contributed by atoms with Gasteiger partial charge in [0.2, 0.25) is 15.9 Å². The summed E-state index contributed by atoms with van der Waals surface area (Å²) in [7, 11) is -7.38. The van der Waals surface area contributed by atoms with Crippen molar-refractivity contribution in [2.75, 3.05) is 29.4 Å². The summed E-state index contributed by atoms with van der Waals surface area (Å²) < 4.78 is 55.3. The van der Waals surface area contributed by atoms with Crippen LogP contribution in [0.25, 0.3) is 0 Å². The maximum absolute atomic E-state index is 13.0. The Balaban J connectivity index is 1.33. The molecule has 1 aliphatic rings. The van der Waals surface area contributed by atoms with E-state index in [1.807, 2.05) is 19.2 Å². The van der Waals surface area contributed by atoms with E-state index >= 15 is 0 Å². The fraction of sp³-hybridized carbons (Fsp3) is 0.269. The van der Waals surface area contributed by atoms with Crippen LogP contribution < -0.4 is 10.0 Å². The summed E-state index contributed by atoms with van der Waals surface area (Å²) in [5, 5.41) is 2.82. The Morgan fingerprint density at radius 3 is 2.08 bits per heavy atom.